The molecule has 1 aliphatic rings. The zero-order valence-corrected chi connectivity index (χ0v) is 6.41. The van der Waals surface area contributed by atoms with Crippen LogP contribution >= 0.6 is 0 Å². The van der Waals surface area contributed by atoms with E-state index in [-0.39, 0.29) is 12.5 Å². The lowest BCUT2D eigenvalue weighted by atomic mass is 10.2. The summed E-state index contributed by atoms with van der Waals surface area (Å²) in [4.78, 5) is 22.6. The van der Waals surface area contributed by atoms with Crippen LogP contribution in [0.25, 0.3) is 0 Å². The highest BCUT2D eigenvalue weighted by Crippen LogP contribution is 2.15. The van der Waals surface area contributed by atoms with Crippen LogP contribution in [0.15, 0.2) is 0 Å². The van der Waals surface area contributed by atoms with Crippen molar-refractivity contribution in [1.82, 2.24) is 4.90 Å². The summed E-state index contributed by atoms with van der Waals surface area (Å²) >= 11 is 0. The molecule has 1 heterocycles. The molecule has 1 unspecified atom stereocenters. The molecule has 1 saturated heterocycles. The molecule has 0 saturated carbocycles. The molecule has 62 valence electrons. The third kappa shape index (κ3) is 1.93. The number of carboxylic acids is 1. The lowest BCUT2D eigenvalue weighted by molar-refractivity contribution is -0.142. The number of likely N-dealkylation sites (tertiary alicyclic amines) is 1. The first-order valence-electron chi connectivity index (χ1n) is 3.59. The van der Waals surface area contributed by atoms with Crippen LogP contribution in [0, 0.1) is 5.92 Å². The maximum absolute atomic E-state index is 11.0. The lowest BCUT2D eigenvalue weighted by Gasteiger charge is -2.11. The van der Waals surface area contributed by atoms with Crippen molar-refractivity contribution < 1.29 is 14.7 Å². The van der Waals surface area contributed by atoms with E-state index in [1.165, 1.54) is 4.90 Å². The molecule has 0 aromatic carbocycles. The molecular weight excluding hydrogens is 146 g/mol. The molecule has 1 aliphatic heterocycles. The number of amides is 1. The van der Waals surface area contributed by atoms with Gasteiger partial charge in [-0.3, -0.25) is 9.59 Å². The fourth-order valence-corrected chi connectivity index (χ4v) is 1.29. The molecule has 1 amide bonds. The van der Waals surface area contributed by atoms with Gasteiger partial charge in [-0.05, 0) is 5.92 Å². The minimum absolute atomic E-state index is 0.0418. The predicted octanol–water partition coefficient (Wildman–Crippen LogP) is -0.0606. The first kappa shape index (κ1) is 8.04. The van der Waals surface area contributed by atoms with E-state index in [4.69, 9.17) is 5.11 Å². The second kappa shape index (κ2) is 2.90. The zero-order valence-electron chi connectivity index (χ0n) is 6.41. The highest BCUT2D eigenvalue weighted by molar-refractivity contribution is 5.83. The fourth-order valence-electron chi connectivity index (χ4n) is 1.29. The van der Waals surface area contributed by atoms with Crippen LogP contribution in [0.2, 0.25) is 0 Å². The summed E-state index contributed by atoms with van der Waals surface area (Å²) in [6.45, 7) is 2.38. The van der Waals surface area contributed by atoms with E-state index in [0.717, 1.165) is 0 Å². The van der Waals surface area contributed by atoms with Crippen molar-refractivity contribution in [3.63, 3.8) is 0 Å². The van der Waals surface area contributed by atoms with Crippen molar-refractivity contribution in [2.45, 2.75) is 13.3 Å². The summed E-state index contributed by atoms with van der Waals surface area (Å²) in [5.74, 6) is -0.672. The van der Waals surface area contributed by atoms with Crippen LogP contribution < -0.4 is 0 Å². The number of carbonyl (C=O) groups excluding carboxylic acids is 1. The minimum Gasteiger partial charge on any atom is -0.480 e. The van der Waals surface area contributed by atoms with Gasteiger partial charge in [0.1, 0.15) is 6.54 Å². The summed E-state index contributed by atoms with van der Waals surface area (Å²) in [5, 5.41) is 8.38. The van der Waals surface area contributed by atoms with Gasteiger partial charge in [-0.1, -0.05) is 6.92 Å². The number of nitrogens with zero attached hydrogens (tertiary/aromatic N) is 1. The molecule has 1 N–H and O–H groups in total. The summed E-state index contributed by atoms with van der Waals surface area (Å²) in [6, 6.07) is 0. The average Bonchev–Trinajstić information content (AvgIpc) is 2.09. The van der Waals surface area contributed by atoms with Crippen LogP contribution in [-0.2, 0) is 9.59 Å². The third-order valence-corrected chi connectivity index (χ3v) is 1.73. The van der Waals surface area contributed by atoms with Gasteiger partial charge in [0, 0.05) is 13.0 Å². The highest BCUT2D eigenvalue weighted by Gasteiger charge is 2.27. The molecule has 0 aromatic rings. The molecule has 0 spiro atoms. The fraction of sp³-hybridized carbons (Fsp3) is 0.714. The smallest absolute Gasteiger partial charge is 0.323 e. The Morgan fingerprint density at radius 1 is 1.82 bits per heavy atom. The molecule has 0 radical (unpaired) electrons. The Morgan fingerprint density at radius 2 is 2.45 bits per heavy atom. The monoisotopic (exact) mass is 157 g/mol. The van der Waals surface area contributed by atoms with Crippen molar-refractivity contribution in [2.24, 2.45) is 5.92 Å². The number of carbonyl (C=O) groups is 2. The molecular formula is C7H11NO3. The highest BCUT2D eigenvalue weighted by atomic mass is 16.4. The van der Waals surface area contributed by atoms with Crippen LogP contribution in [0.1, 0.15) is 13.3 Å². The average molecular weight is 157 g/mol. The van der Waals surface area contributed by atoms with E-state index in [1.807, 2.05) is 6.92 Å². The van der Waals surface area contributed by atoms with E-state index in [2.05, 4.69) is 0 Å². The van der Waals surface area contributed by atoms with Crippen LogP contribution in [0.3, 0.4) is 0 Å². The van der Waals surface area contributed by atoms with Crippen LogP contribution in [0.4, 0.5) is 0 Å². The van der Waals surface area contributed by atoms with Gasteiger partial charge in [-0.2, -0.15) is 0 Å². The molecule has 0 bridgehead atoms. The predicted molar refractivity (Wildman–Crippen MR) is 38.0 cm³/mol. The number of hydrogen-bond donors (Lipinski definition) is 1. The summed E-state index contributed by atoms with van der Waals surface area (Å²) < 4.78 is 0. The SMILES string of the molecule is CC1CC(=O)N(CC(=O)O)C1. The lowest BCUT2D eigenvalue weighted by Crippen LogP contribution is -2.30. The minimum atomic E-state index is -0.938. The normalized spacial score (nSPS) is 24.3. The number of hydrogen-bond acceptors (Lipinski definition) is 2. The Kier molecular flexibility index (Phi) is 2.12. The molecule has 0 aromatic heterocycles. The molecule has 0 aliphatic carbocycles. The van der Waals surface area contributed by atoms with Gasteiger partial charge in [0.25, 0.3) is 0 Å². The Balaban J connectivity index is 2.47. The number of rotatable bonds is 2. The van der Waals surface area contributed by atoms with Gasteiger partial charge in [0.15, 0.2) is 0 Å². The maximum atomic E-state index is 11.0. The topological polar surface area (TPSA) is 57.6 Å². The van der Waals surface area contributed by atoms with Gasteiger partial charge < -0.3 is 10.0 Å². The van der Waals surface area contributed by atoms with Crippen molar-refractivity contribution in [1.29, 1.82) is 0 Å². The second-order valence-electron chi connectivity index (χ2n) is 2.98. The Labute approximate surface area is 64.8 Å². The van der Waals surface area contributed by atoms with E-state index in [0.29, 0.717) is 18.9 Å². The van der Waals surface area contributed by atoms with Gasteiger partial charge in [0.05, 0.1) is 0 Å². The number of aliphatic carboxylic acids is 1. The molecule has 1 atom stereocenters. The first-order valence-corrected chi connectivity index (χ1v) is 3.59. The van der Waals surface area contributed by atoms with Gasteiger partial charge >= 0.3 is 5.97 Å². The molecule has 4 nitrogen and oxygen atoms in total. The zero-order chi connectivity index (χ0) is 8.43. The third-order valence-electron chi connectivity index (χ3n) is 1.73. The van der Waals surface area contributed by atoms with Crippen molar-refractivity contribution in [2.75, 3.05) is 13.1 Å². The molecule has 1 fully saturated rings. The van der Waals surface area contributed by atoms with E-state index in [1.54, 1.807) is 0 Å². The Bertz CT molecular complexity index is 190. The number of carboxylic acid groups (broad SMARTS) is 1. The maximum Gasteiger partial charge on any atom is 0.323 e. The van der Waals surface area contributed by atoms with E-state index >= 15 is 0 Å². The van der Waals surface area contributed by atoms with E-state index in [9.17, 15) is 9.59 Å². The Morgan fingerprint density at radius 3 is 2.82 bits per heavy atom. The van der Waals surface area contributed by atoms with Crippen molar-refractivity contribution in [3.05, 3.63) is 0 Å². The summed E-state index contributed by atoms with van der Waals surface area (Å²) in [7, 11) is 0. The largest absolute Gasteiger partial charge is 0.480 e. The van der Waals surface area contributed by atoms with Gasteiger partial charge in [0.2, 0.25) is 5.91 Å². The first-order chi connectivity index (χ1) is 5.09. The van der Waals surface area contributed by atoms with Crippen molar-refractivity contribution >= 4 is 11.9 Å². The van der Waals surface area contributed by atoms with Gasteiger partial charge in [-0.15, -0.1) is 0 Å². The quantitative estimate of drug-likeness (QED) is 0.610. The summed E-state index contributed by atoms with van der Waals surface area (Å²) in [6.07, 6.45) is 0.493. The molecule has 1 rings (SSSR count). The second-order valence-corrected chi connectivity index (χ2v) is 2.98. The van der Waals surface area contributed by atoms with Crippen LogP contribution in [0.5, 0.6) is 0 Å². The van der Waals surface area contributed by atoms with Crippen molar-refractivity contribution in [3.8, 4) is 0 Å². The molecule has 4 heteroatoms. The van der Waals surface area contributed by atoms with E-state index < -0.39 is 5.97 Å². The Hall–Kier alpha value is -1.06. The summed E-state index contributed by atoms with van der Waals surface area (Å²) in [5.41, 5.74) is 0. The van der Waals surface area contributed by atoms with Crippen LogP contribution in [-0.4, -0.2) is 35.0 Å². The van der Waals surface area contributed by atoms with Gasteiger partial charge in [-0.25, -0.2) is 0 Å². The standard InChI is InChI=1S/C7H11NO3/c1-5-2-6(9)8(3-5)4-7(10)11/h5H,2-4H2,1H3,(H,10,11). The molecule has 11 heavy (non-hydrogen) atoms.